The molecule has 0 saturated carbocycles. The third-order valence-electron chi connectivity index (χ3n) is 4.97. The molecule has 0 N–H and O–H groups in total. The monoisotopic (exact) mass is 367 g/mol. The smallest absolute Gasteiger partial charge is 0.418 e. The van der Waals surface area contributed by atoms with Gasteiger partial charge in [0.25, 0.3) is 11.4 Å². The summed E-state index contributed by atoms with van der Waals surface area (Å²) in [6, 6.07) is 15.4. The number of oxime groups is 1. The molecule has 27 heavy (non-hydrogen) atoms. The zero-order chi connectivity index (χ0) is 19.2. The van der Waals surface area contributed by atoms with Crippen LogP contribution in [0.2, 0.25) is 0 Å². The largest absolute Gasteiger partial charge is 0.437 e. The van der Waals surface area contributed by atoms with Gasteiger partial charge < -0.3 is 9.57 Å². The molecule has 2 aromatic rings. The second kappa shape index (κ2) is 5.80. The number of nitrogens with zero attached hydrogens (tertiary/aromatic N) is 3. The number of amides is 1. The molecule has 1 unspecified atom stereocenters. The third kappa shape index (κ3) is 2.44. The highest BCUT2D eigenvalue weighted by atomic mass is 16.7. The van der Waals surface area contributed by atoms with Crippen molar-refractivity contribution in [2.45, 2.75) is 31.6 Å². The first-order valence-corrected chi connectivity index (χ1v) is 8.43. The molecule has 2 aromatic carbocycles. The number of carbonyl (C=O) groups is 1. The maximum Gasteiger partial charge on any atom is 0.418 e. The van der Waals surface area contributed by atoms with Gasteiger partial charge in [0.15, 0.2) is 5.60 Å². The topological polar surface area (TPSA) is 94.3 Å². The quantitative estimate of drug-likeness (QED) is 0.607. The van der Waals surface area contributed by atoms with Crippen molar-refractivity contribution in [2.24, 2.45) is 5.16 Å². The van der Waals surface area contributed by atoms with E-state index >= 15 is 0 Å². The van der Waals surface area contributed by atoms with Gasteiger partial charge in [-0.05, 0) is 25.5 Å². The van der Waals surface area contributed by atoms with Crippen LogP contribution in [-0.2, 0) is 9.57 Å². The lowest BCUT2D eigenvalue weighted by molar-refractivity contribution is -0.384. The highest BCUT2D eigenvalue weighted by Gasteiger charge is 2.67. The van der Waals surface area contributed by atoms with Crippen LogP contribution in [0, 0.1) is 10.1 Å². The SMILES string of the molecule is CC1(C)OC(=O)N(c2ccccc2[N+](=O)[O-])C12CC(c1ccccc1)=NO2. The Kier molecular flexibility index (Phi) is 3.66. The molecule has 1 atom stereocenters. The van der Waals surface area contributed by atoms with Crippen molar-refractivity contribution in [2.75, 3.05) is 4.90 Å². The average molecular weight is 367 g/mol. The molecule has 2 aliphatic heterocycles. The number of ether oxygens (including phenoxy) is 1. The number of nitro groups is 1. The van der Waals surface area contributed by atoms with E-state index in [4.69, 9.17) is 9.57 Å². The van der Waals surface area contributed by atoms with Crippen LogP contribution >= 0.6 is 0 Å². The first kappa shape index (κ1) is 17.0. The van der Waals surface area contributed by atoms with Crippen LogP contribution in [0.1, 0.15) is 25.8 Å². The van der Waals surface area contributed by atoms with Crippen molar-refractivity contribution in [1.82, 2.24) is 0 Å². The van der Waals surface area contributed by atoms with Crippen LogP contribution in [0.15, 0.2) is 59.8 Å². The number of anilines is 1. The van der Waals surface area contributed by atoms with Gasteiger partial charge in [-0.15, -0.1) is 0 Å². The summed E-state index contributed by atoms with van der Waals surface area (Å²) >= 11 is 0. The van der Waals surface area contributed by atoms with Crippen molar-refractivity contribution in [3.63, 3.8) is 0 Å². The minimum absolute atomic E-state index is 0.114. The molecule has 2 aliphatic rings. The fourth-order valence-corrected chi connectivity index (χ4v) is 3.51. The molecule has 1 amide bonds. The highest BCUT2D eigenvalue weighted by molar-refractivity contribution is 6.04. The molecule has 138 valence electrons. The molecule has 2 heterocycles. The number of hydrogen-bond donors (Lipinski definition) is 0. The molecule has 0 aliphatic carbocycles. The van der Waals surface area contributed by atoms with E-state index in [2.05, 4.69) is 5.16 Å². The maximum absolute atomic E-state index is 12.7. The molecule has 0 radical (unpaired) electrons. The van der Waals surface area contributed by atoms with Gasteiger partial charge in [0.05, 0.1) is 17.1 Å². The summed E-state index contributed by atoms with van der Waals surface area (Å²) in [5.41, 5.74) is -0.988. The fraction of sp³-hybridized carbons (Fsp3) is 0.263. The Morgan fingerprint density at radius 1 is 1.11 bits per heavy atom. The highest BCUT2D eigenvalue weighted by Crippen LogP contribution is 2.50. The Hall–Kier alpha value is -3.42. The van der Waals surface area contributed by atoms with Gasteiger partial charge in [0.2, 0.25) is 0 Å². The first-order chi connectivity index (χ1) is 12.9. The Balaban J connectivity index is 1.81. The molecule has 1 spiro atoms. The number of carbonyl (C=O) groups excluding carboxylic acids is 1. The Bertz CT molecular complexity index is 957. The van der Waals surface area contributed by atoms with E-state index in [1.54, 1.807) is 26.0 Å². The van der Waals surface area contributed by atoms with E-state index in [1.165, 1.54) is 17.0 Å². The van der Waals surface area contributed by atoms with Gasteiger partial charge in [0.1, 0.15) is 5.69 Å². The summed E-state index contributed by atoms with van der Waals surface area (Å²) in [4.78, 5) is 30.7. The standard InChI is InChI=1S/C19H17N3O5/c1-18(2)19(12-14(20-27-19)13-8-4-3-5-9-13)21(17(23)26-18)15-10-6-7-11-16(15)22(24)25/h3-11H,12H2,1-2H3. The summed E-state index contributed by atoms with van der Waals surface area (Å²) in [5, 5.41) is 15.7. The third-order valence-corrected chi connectivity index (χ3v) is 4.97. The van der Waals surface area contributed by atoms with Gasteiger partial charge in [-0.2, -0.15) is 0 Å². The zero-order valence-corrected chi connectivity index (χ0v) is 14.8. The fourth-order valence-electron chi connectivity index (χ4n) is 3.51. The lowest BCUT2D eigenvalue weighted by Gasteiger charge is -2.36. The minimum Gasteiger partial charge on any atom is -0.437 e. The normalized spacial score (nSPS) is 23.1. The molecular formula is C19H17N3O5. The Morgan fingerprint density at radius 3 is 2.48 bits per heavy atom. The van der Waals surface area contributed by atoms with Crippen LogP contribution in [0.5, 0.6) is 0 Å². The summed E-state index contributed by atoms with van der Waals surface area (Å²) in [5.74, 6) is 0. The van der Waals surface area contributed by atoms with Crippen LogP contribution in [-0.4, -0.2) is 28.1 Å². The second-order valence-electron chi connectivity index (χ2n) is 6.92. The molecule has 0 bridgehead atoms. The number of nitro benzene ring substituents is 1. The molecule has 4 rings (SSSR count). The average Bonchev–Trinajstić information content (AvgIpc) is 3.16. The maximum atomic E-state index is 12.7. The van der Waals surface area contributed by atoms with Crippen molar-refractivity contribution in [1.29, 1.82) is 0 Å². The van der Waals surface area contributed by atoms with Crippen LogP contribution < -0.4 is 4.90 Å². The van der Waals surface area contributed by atoms with Crippen molar-refractivity contribution in [3.8, 4) is 0 Å². The molecular weight excluding hydrogens is 350 g/mol. The van der Waals surface area contributed by atoms with E-state index in [0.29, 0.717) is 5.71 Å². The van der Waals surface area contributed by atoms with Crippen molar-refractivity contribution < 1.29 is 19.3 Å². The van der Waals surface area contributed by atoms with Gasteiger partial charge >= 0.3 is 6.09 Å². The van der Waals surface area contributed by atoms with Gasteiger partial charge in [0, 0.05) is 6.07 Å². The number of para-hydroxylation sites is 2. The number of rotatable bonds is 3. The Labute approximate surface area is 155 Å². The van der Waals surface area contributed by atoms with Crippen LogP contribution in [0.3, 0.4) is 0 Å². The number of cyclic esters (lactones) is 1. The van der Waals surface area contributed by atoms with Crippen LogP contribution in [0.4, 0.5) is 16.2 Å². The number of hydrogen-bond acceptors (Lipinski definition) is 6. The molecule has 8 heteroatoms. The molecule has 1 saturated heterocycles. The summed E-state index contributed by atoms with van der Waals surface area (Å²) in [6.45, 7) is 3.42. The zero-order valence-electron chi connectivity index (χ0n) is 14.8. The Morgan fingerprint density at radius 2 is 1.78 bits per heavy atom. The lowest BCUT2D eigenvalue weighted by atomic mass is 9.87. The molecule has 0 aromatic heterocycles. The van der Waals surface area contributed by atoms with Gasteiger partial charge in [-0.25, -0.2) is 9.69 Å². The predicted octanol–water partition coefficient (Wildman–Crippen LogP) is 3.85. The van der Waals surface area contributed by atoms with E-state index in [-0.39, 0.29) is 17.8 Å². The summed E-state index contributed by atoms with van der Waals surface area (Å²) in [7, 11) is 0. The lowest BCUT2D eigenvalue weighted by Crippen LogP contribution is -2.56. The number of benzene rings is 2. The van der Waals surface area contributed by atoms with Crippen molar-refractivity contribution >= 4 is 23.2 Å². The first-order valence-electron chi connectivity index (χ1n) is 8.43. The molecule has 8 nitrogen and oxygen atoms in total. The van der Waals surface area contributed by atoms with Crippen molar-refractivity contribution in [3.05, 3.63) is 70.3 Å². The summed E-state index contributed by atoms with van der Waals surface area (Å²) < 4.78 is 5.54. The van der Waals surface area contributed by atoms with Gasteiger partial charge in [-0.1, -0.05) is 47.6 Å². The molecule has 1 fully saturated rings. The van der Waals surface area contributed by atoms with Crippen LogP contribution in [0.25, 0.3) is 0 Å². The van der Waals surface area contributed by atoms with E-state index in [1.807, 2.05) is 30.3 Å². The van der Waals surface area contributed by atoms with Gasteiger partial charge in [-0.3, -0.25) is 10.1 Å². The van der Waals surface area contributed by atoms with E-state index < -0.39 is 22.3 Å². The van der Waals surface area contributed by atoms with E-state index in [0.717, 1.165) is 5.56 Å². The minimum atomic E-state index is -1.32. The second-order valence-corrected chi connectivity index (χ2v) is 6.92. The van der Waals surface area contributed by atoms with E-state index in [9.17, 15) is 14.9 Å². The summed E-state index contributed by atoms with van der Waals surface area (Å²) in [6.07, 6.45) is -0.472. The predicted molar refractivity (Wildman–Crippen MR) is 97.5 cm³/mol.